The van der Waals surface area contributed by atoms with Crippen molar-refractivity contribution in [3.05, 3.63) is 53.7 Å². The van der Waals surface area contributed by atoms with Crippen molar-refractivity contribution in [2.75, 3.05) is 118 Å². The van der Waals surface area contributed by atoms with Crippen molar-refractivity contribution < 1.29 is 21.9 Å². The van der Waals surface area contributed by atoms with E-state index in [1.165, 1.54) is 37.6 Å². The fourth-order valence-corrected chi connectivity index (χ4v) is 13.2. The Labute approximate surface area is 432 Å². The summed E-state index contributed by atoms with van der Waals surface area (Å²) in [5.74, 6) is 4.92. The second-order valence-electron chi connectivity index (χ2n) is 20.0. The number of anilines is 3. The van der Waals surface area contributed by atoms with Gasteiger partial charge < -0.3 is 25.3 Å². The molecule has 8 atom stereocenters. The minimum Gasteiger partial charge on any atom is -0.338 e. The highest BCUT2D eigenvalue weighted by Crippen LogP contribution is 2.57. The predicted octanol–water partition coefficient (Wildman–Crippen LogP) is 4.14. The molecule has 20 heteroatoms. The summed E-state index contributed by atoms with van der Waals surface area (Å²) in [7, 11) is 0. The summed E-state index contributed by atoms with van der Waals surface area (Å²) in [4.78, 5) is 87.2. The van der Waals surface area contributed by atoms with Crippen molar-refractivity contribution in [3.8, 4) is 0 Å². The van der Waals surface area contributed by atoms with Gasteiger partial charge in [0.25, 0.3) is 0 Å². The van der Waals surface area contributed by atoms with Crippen LogP contribution in [0.25, 0.3) is 0 Å². The van der Waals surface area contributed by atoms with Crippen LogP contribution in [0.5, 0.6) is 0 Å². The van der Waals surface area contributed by atoms with Crippen LogP contribution in [0, 0.1) is 47.3 Å². The smallest absolute Gasteiger partial charge is 0.233 e. The number of alkyl halides is 1. The van der Waals surface area contributed by atoms with E-state index in [0.717, 1.165) is 158 Å². The van der Waals surface area contributed by atoms with E-state index in [0.29, 0.717) is 54.8 Å². The minimum absolute atomic E-state index is 0.0145. The number of likely N-dealkylation sites (tertiary alicyclic amines) is 2. The molecule has 0 aromatic carbocycles. The van der Waals surface area contributed by atoms with Gasteiger partial charge in [0.15, 0.2) is 0 Å². The Morgan fingerprint density at radius 1 is 0.500 bits per heavy atom. The maximum Gasteiger partial charge on any atom is 0.233 e. The first-order valence-electron chi connectivity index (χ1n) is 26.8. The summed E-state index contributed by atoms with van der Waals surface area (Å²) in [6.45, 7) is 13.7. The fraction of sp³-hybridized carbons (Fsp3) is 0.680. The zero-order valence-electron chi connectivity index (χ0n) is 42.2. The highest BCUT2D eigenvalue weighted by molar-refractivity contribution is 9.10. The lowest BCUT2D eigenvalue weighted by Gasteiger charge is -2.34. The van der Waals surface area contributed by atoms with Gasteiger partial charge >= 0.3 is 0 Å². The van der Waals surface area contributed by atoms with E-state index in [9.17, 15) is 19.2 Å². The molecule has 5 aliphatic heterocycles. The molecule has 18 nitrogen and oxygen atoms in total. The lowest BCUT2D eigenvalue weighted by atomic mass is 9.81. The quantitative estimate of drug-likeness (QED) is 0.150. The van der Waals surface area contributed by atoms with Crippen LogP contribution in [0.4, 0.5) is 17.8 Å². The lowest BCUT2D eigenvalue weighted by molar-refractivity contribution is -0.142. The minimum atomic E-state index is 0.0145. The molecule has 4 bridgehead atoms. The van der Waals surface area contributed by atoms with Crippen molar-refractivity contribution in [2.24, 2.45) is 47.3 Å². The van der Waals surface area contributed by atoms with Crippen LogP contribution in [-0.4, -0.2) is 172 Å². The molecule has 12 rings (SSSR count). The summed E-state index contributed by atoms with van der Waals surface area (Å²) >= 11 is 6.69. The number of piperazine rings is 3. The Morgan fingerprint density at radius 3 is 1.26 bits per heavy atom. The van der Waals surface area contributed by atoms with Crippen LogP contribution in [0.1, 0.15) is 66.9 Å². The van der Waals surface area contributed by atoms with E-state index in [1.54, 1.807) is 22.2 Å². The average molecular weight is 1090 g/mol. The Bertz CT molecular complexity index is 2180. The van der Waals surface area contributed by atoms with Crippen molar-refractivity contribution in [3.63, 3.8) is 0 Å². The van der Waals surface area contributed by atoms with Crippen LogP contribution in [0.15, 0.2) is 53.7 Å². The highest BCUT2D eigenvalue weighted by atomic mass is 79.9. The number of imide groups is 2. The average Bonchev–Trinajstić information content (AvgIpc) is 4.29. The van der Waals surface area contributed by atoms with Gasteiger partial charge in [0, 0.05) is 134 Å². The van der Waals surface area contributed by atoms with E-state index in [2.05, 4.69) is 92.0 Å². The number of carbonyl (C=O) groups is 4. The summed E-state index contributed by atoms with van der Waals surface area (Å²) in [6.07, 6.45) is 20.4. The molecule has 3 aromatic heterocycles. The number of fused-ring (bicyclic) bond motifs is 10. The predicted molar refractivity (Wildman–Crippen MR) is 274 cm³/mol. The van der Waals surface area contributed by atoms with Gasteiger partial charge in [0.1, 0.15) is 0 Å². The third kappa shape index (κ3) is 11.8. The molecule has 9 fully saturated rings. The summed E-state index contributed by atoms with van der Waals surface area (Å²) in [5, 5.41) is 7.50. The third-order valence-electron chi connectivity index (χ3n) is 16.0. The third-order valence-corrected chi connectivity index (χ3v) is 17.0. The maximum absolute atomic E-state index is 12.7. The summed E-state index contributed by atoms with van der Waals surface area (Å²) in [6, 6.07) is 0.692. The Hall–Kier alpha value is -4.24. The number of aromatic nitrogens is 6. The van der Waals surface area contributed by atoms with Crippen molar-refractivity contribution >= 4 is 73.3 Å². The molecule has 5 saturated heterocycles. The molecule has 4 saturated carbocycles. The van der Waals surface area contributed by atoms with E-state index in [-0.39, 0.29) is 47.3 Å². The van der Waals surface area contributed by atoms with Gasteiger partial charge in [-0.05, 0) is 122 Å². The molecule has 378 valence electrons. The number of nitrogens with one attached hydrogen (secondary N) is 2. The first-order chi connectivity index (χ1) is 35.1. The number of carbonyl (C=O) groups excluding carboxylic acids is 4. The van der Waals surface area contributed by atoms with Gasteiger partial charge in [-0.15, -0.1) is 0 Å². The maximum atomic E-state index is 12.7. The fourth-order valence-electron chi connectivity index (χ4n) is 12.6. The van der Waals surface area contributed by atoms with Crippen LogP contribution in [-0.2, 0) is 19.2 Å². The molecule has 9 aliphatic rings. The number of hydrogen-bond acceptors (Lipinski definition) is 16. The van der Waals surface area contributed by atoms with E-state index >= 15 is 0 Å². The molecule has 0 spiro atoms. The standard InChI is InChI=1S/C21H29N5O2.C13H18BrNO2.C8H11BrN4.C8H12N4/c27-19-17-15-4-5-16(14-15)18(17)20(28)26(19)9-2-1-8-24-10-12-25(13-11-24)21-22-6-3-7-23-21;14-5-1-2-6-15-12(16)10-8-3-4-9(7-8)11(10)13(15)17;9-7-5-11-8(12-6-7)13-3-1-10-2-4-13;1-2-10-8(11-3-1)12-6-4-9-5-7-12/h3,6-7,15-18H,1-2,4-5,8-14H2;8-11H,1-7H2;5-6,10H,1-4H2;1-3,9H,4-7H2/t15-,16+,17-,18+;8-,9+,10-,11+;;/i3D;;;1D. The van der Waals surface area contributed by atoms with Crippen molar-refractivity contribution in [1.29, 1.82) is 0 Å². The number of unbranched alkanes of at least 4 members (excludes halogenated alkanes) is 2. The number of rotatable bonds is 12. The molecule has 8 heterocycles. The Balaban J connectivity index is 0.000000127. The van der Waals surface area contributed by atoms with Crippen LogP contribution < -0.4 is 25.3 Å². The molecular formula is C50H70Br2N14O4. The van der Waals surface area contributed by atoms with Crippen LogP contribution in [0.2, 0.25) is 0 Å². The molecular weight excluding hydrogens is 1020 g/mol. The van der Waals surface area contributed by atoms with Gasteiger partial charge in [0.05, 0.1) is 30.9 Å². The van der Waals surface area contributed by atoms with Gasteiger partial charge in [-0.3, -0.25) is 33.9 Å². The summed E-state index contributed by atoms with van der Waals surface area (Å²) < 4.78 is 15.7. The van der Waals surface area contributed by atoms with Gasteiger partial charge in [-0.2, -0.15) is 0 Å². The van der Waals surface area contributed by atoms with E-state index < -0.39 is 0 Å². The second-order valence-corrected chi connectivity index (χ2v) is 21.7. The van der Waals surface area contributed by atoms with Gasteiger partial charge in [0.2, 0.25) is 41.5 Å². The Kier molecular flexibility index (Phi) is 16.8. The van der Waals surface area contributed by atoms with E-state index in [1.807, 2.05) is 0 Å². The number of amides is 4. The van der Waals surface area contributed by atoms with Crippen molar-refractivity contribution in [2.45, 2.75) is 64.2 Å². The highest BCUT2D eigenvalue weighted by Gasteiger charge is 2.61. The SMILES string of the molecule is Brc1cnc(N2CCNCC2)nc1.O=C1[C@@H]2[C@@H]3CC[C@@H](C3)[C@@H]2C(=O)N1CCCCBr.[2H]c1cnc(N2CCN(CCCCN3C(=O)[C@@H]4[C@@H]5CC[C@@H](C5)[C@@H]4C3=O)CC2)nc1.[2H]c1cnc(N2CCNCC2)nc1. The normalized spacial score (nSPS) is 29.2. The van der Waals surface area contributed by atoms with Crippen LogP contribution in [0.3, 0.4) is 0 Å². The zero-order valence-corrected chi connectivity index (χ0v) is 43.4. The monoisotopic (exact) mass is 1090 g/mol. The van der Waals surface area contributed by atoms with Crippen molar-refractivity contribution in [1.82, 2.24) is 55.2 Å². The number of nitrogens with zero attached hydrogens (tertiary/aromatic N) is 12. The van der Waals surface area contributed by atoms with Gasteiger partial charge in [-0.1, -0.05) is 15.9 Å². The molecule has 3 aromatic rings. The van der Waals surface area contributed by atoms with Gasteiger partial charge in [-0.25, -0.2) is 29.9 Å². The van der Waals surface area contributed by atoms with E-state index in [4.69, 9.17) is 2.74 Å². The molecule has 0 radical (unpaired) electrons. The first-order valence-corrected chi connectivity index (χ1v) is 27.7. The topological polar surface area (TPSA) is 189 Å². The molecule has 0 unspecified atom stereocenters. The Morgan fingerprint density at radius 2 is 0.857 bits per heavy atom. The molecule has 4 aliphatic carbocycles. The largest absolute Gasteiger partial charge is 0.338 e. The zero-order chi connectivity index (χ0) is 50.1. The summed E-state index contributed by atoms with van der Waals surface area (Å²) in [5.41, 5.74) is 0. The van der Waals surface area contributed by atoms with Crippen LogP contribution >= 0.6 is 31.9 Å². The lowest BCUT2D eigenvalue weighted by Crippen LogP contribution is -2.47. The first kappa shape index (κ1) is 48.1. The number of hydrogen-bond donors (Lipinski definition) is 2. The molecule has 70 heavy (non-hydrogen) atoms. The molecule has 4 amide bonds. The molecule has 2 N–H and O–H groups in total. The second kappa shape index (κ2) is 24.5. The number of halogens is 2.